The highest BCUT2D eigenvalue weighted by Gasteiger charge is 2.30. The summed E-state index contributed by atoms with van der Waals surface area (Å²) in [7, 11) is 0. The Bertz CT molecular complexity index is 895. The monoisotopic (exact) mass is 418 g/mol. The van der Waals surface area contributed by atoms with Gasteiger partial charge in [-0.25, -0.2) is 9.78 Å². The van der Waals surface area contributed by atoms with Crippen molar-refractivity contribution in [3.8, 4) is 6.07 Å². The summed E-state index contributed by atoms with van der Waals surface area (Å²) in [5.41, 5.74) is 1.39. The van der Waals surface area contributed by atoms with E-state index in [1.165, 1.54) is 6.42 Å². The first-order chi connectivity index (χ1) is 15.2. The van der Waals surface area contributed by atoms with E-state index in [-0.39, 0.29) is 18.1 Å². The third-order valence-electron chi connectivity index (χ3n) is 6.19. The Morgan fingerprint density at radius 2 is 1.84 bits per heavy atom. The molecular formula is C24H30N6O. The minimum atomic E-state index is -0.142. The Morgan fingerprint density at radius 1 is 1.03 bits per heavy atom. The van der Waals surface area contributed by atoms with Gasteiger partial charge in [0.15, 0.2) is 0 Å². The molecule has 0 bridgehead atoms. The molecule has 1 unspecified atom stereocenters. The van der Waals surface area contributed by atoms with Crippen LogP contribution in [0.25, 0.3) is 0 Å². The quantitative estimate of drug-likeness (QED) is 0.689. The predicted octanol–water partition coefficient (Wildman–Crippen LogP) is 3.64. The van der Waals surface area contributed by atoms with E-state index in [9.17, 15) is 4.79 Å². The molecule has 1 aliphatic carbocycles. The minimum absolute atomic E-state index is 0.126. The zero-order chi connectivity index (χ0) is 21.5. The molecule has 2 aliphatic rings. The lowest BCUT2D eigenvalue weighted by atomic mass is 9.89. The van der Waals surface area contributed by atoms with Gasteiger partial charge in [0.2, 0.25) is 0 Å². The molecule has 7 nitrogen and oxygen atoms in total. The number of benzene rings is 1. The smallest absolute Gasteiger partial charge is 0.319 e. The molecule has 1 aromatic heterocycles. The molecule has 2 heterocycles. The molecule has 1 aliphatic heterocycles. The molecule has 3 N–H and O–H groups in total. The number of carbonyl (C=O) groups excluding carboxylic acids is 1. The first-order valence-corrected chi connectivity index (χ1v) is 11.2. The number of rotatable bonds is 5. The van der Waals surface area contributed by atoms with E-state index in [0.29, 0.717) is 11.6 Å². The van der Waals surface area contributed by atoms with Crippen molar-refractivity contribution >= 4 is 17.5 Å². The fourth-order valence-electron chi connectivity index (χ4n) is 4.62. The Morgan fingerprint density at radius 3 is 2.58 bits per heavy atom. The third-order valence-corrected chi connectivity index (χ3v) is 6.19. The van der Waals surface area contributed by atoms with E-state index in [1.807, 2.05) is 42.5 Å². The number of hydrogen-bond acceptors (Lipinski definition) is 5. The number of piperidine rings is 1. The van der Waals surface area contributed by atoms with Gasteiger partial charge < -0.3 is 20.9 Å². The third kappa shape index (κ3) is 5.74. The summed E-state index contributed by atoms with van der Waals surface area (Å²) in [6.45, 7) is 1.86. The van der Waals surface area contributed by atoms with E-state index in [1.54, 1.807) is 6.20 Å². The molecule has 1 aromatic carbocycles. The number of nitrogens with zero attached hydrogens (tertiary/aromatic N) is 3. The lowest BCUT2D eigenvalue weighted by Crippen LogP contribution is -2.57. The van der Waals surface area contributed by atoms with Gasteiger partial charge in [0.05, 0.1) is 5.56 Å². The molecule has 2 fully saturated rings. The molecule has 3 atom stereocenters. The summed E-state index contributed by atoms with van der Waals surface area (Å²) in [4.78, 5) is 19.3. The average molecular weight is 419 g/mol. The zero-order valence-electron chi connectivity index (χ0n) is 17.8. The molecule has 1 saturated carbocycles. The molecule has 2 aromatic rings. The number of hydrogen-bond donors (Lipinski definition) is 3. The maximum absolute atomic E-state index is 12.5. The van der Waals surface area contributed by atoms with Crippen molar-refractivity contribution in [2.75, 3.05) is 23.3 Å². The lowest BCUT2D eigenvalue weighted by Gasteiger charge is -2.39. The molecule has 7 heteroatoms. The number of anilines is 2. The van der Waals surface area contributed by atoms with Gasteiger partial charge in [0.25, 0.3) is 0 Å². The van der Waals surface area contributed by atoms with E-state index >= 15 is 0 Å². The van der Waals surface area contributed by atoms with Crippen molar-refractivity contribution in [1.29, 1.82) is 5.26 Å². The Kier molecular flexibility index (Phi) is 7.00. The normalized spacial score (nSPS) is 23.6. The fourth-order valence-corrected chi connectivity index (χ4v) is 4.62. The van der Waals surface area contributed by atoms with Crippen molar-refractivity contribution in [3.63, 3.8) is 0 Å². The number of pyridine rings is 1. The molecule has 0 spiro atoms. The largest absolute Gasteiger partial charge is 0.355 e. The molecule has 162 valence electrons. The lowest BCUT2D eigenvalue weighted by molar-refractivity contribution is 0.226. The molecule has 4 rings (SSSR count). The minimum Gasteiger partial charge on any atom is -0.355 e. The molecule has 31 heavy (non-hydrogen) atoms. The summed E-state index contributed by atoms with van der Waals surface area (Å²) in [5, 5.41) is 18.9. The SMILES string of the molecule is N#Cc1ccc(N2CCCC(N[C@@H]3CCCC[C@H]3NC(=O)Nc3ccccc3)C2)nc1. The number of urea groups is 1. The standard InChI is InChI=1S/C24H30N6O/c25-15-18-12-13-23(26-16-18)30-14-6-9-20(17-30)27-21-10-4-5-11-22(21)29-24(31)28-19-7-2-1-3-8-19/h1-3,7-8,12-13,16,20-22,27H,4-6,9-11,14,17H2,(H2,28,29,31)/t20?,21-,22-/m1/s1. The Labute approximate surface area is 183 Å². The first kappa shape index (κ1) is 21.1. The second-order valence-corrected chi connectivity index (χ2v) is 8.43. The van der Waals surface area contributed by atoms with E-state index in [0.717, 1.165) is 56.7 Å². The summed E-state index contributed by atoms with van der Waals surface area (Å²) in [6.07, 6.45) is 8.24. The Hall–Kier alpha value is -3.11. The van der Waals surface area contributed by atoms with Crippen LogP contribution in [0.3, 0.4) is 0 Å². The van der Waals surface area contributed by atoms with Crippen LogP contribution in [0.2, 0.25) is 0 Å². The van der Waals surface area contributed by atoms with Crippen LogP contribution in [0.15, 0.2) is 48.7 Å². The van der Waals surface area contributed by atoms with Crippen molar-refractivity contribution in [1.82, 2.24) is 15.6 Å². The molecule has 1 saturated heterocycles. The zero-order valence-corrected chi connectivity index (χ0v) is 17.8. The predicted molar refractivity (Wildman–Crippen MR) is 122 cm³/mol. The number of amides is 2. The second kappa shape index (κ2) is 10.3. The first-order valence-electron chi connectivity index (χ1n) is 11.2. The van der Waals surface area contributed by atoms with Crippen LogP contribution in [0.5, 0.6) is 0 Å². The van der Waals surface area contributed by atoms with Gasteiger partial charge in [0, 0.05) is 43.1 Å². The van der Waals surface area contributed by atoms with Gasteiger partial charge in [-0.3, -0.25) is 0 Å². The van der Waals surface area contributed by atoms with Crippen LogP contribution in [-0.2, 0) is 0 Å². The Balaban J connectivity index is 1.33. The van der Waals surface area contributed by atoms with Crippen molar-refractivity contribution in [3.05, 3.63) is 54.2 Å². The van der Waals surface area contributed by atoms with Crippen LogP contribution in [0.4, 0.5) is 16.3 Å². The van der Waals surface area contributed by atoms with Crippen LogP contribution in [-0.4, -0.2) is 42.2 Å². The van der Waals surface area contributed by atoms with Crippen molar-refractivity contribution in [2.45, 2.75) is 56.7 Å². The van der Waals surface area contributed by atoms with E-state index in [4.69, 9.17) is 5.26 Å². The highest BCUT2D eigenvalue weighted by molar-refractivity contribution is 5.89. The molecular weight excluding hydrogens is 388 g/mol. The summed E-state index contributed by atoms with van der Waals surface area (Å²) < 4.78 is 0. The van der Waals surface area contributed by atoms with E-state index < -0.39 is 0 Å². The summed E-state index contributed by atoms with van der Waals surface area (Å²) >= 11 is 0. The van der Waals surface area contributed by atoms with Crippen LogP contribution < -0.4 is 20.9 Å². The number of para-hydroxylation sites is 1. The van der Waals surface area contributed by atoms with Gasteiger partial charge in [-0.1, -0.05) is 31.0 Å². The van der Waals surface area contributed by atoms with Gasteiger partial charge in [-0.2, -0.15) is 5.26 Å². The number of carbonyl (C=O) groups is 1. The van der Waals surface area contributed by atoms with Crippen LogP contribution >= 0.6 is 0 Å². The molecule has 2 amide bonds. The fraction of sp³-hybridized carbons (Fsp3) is 0.458. The maximum Gasteiger partial charge on any atom is 0.319 e. The topological polar surface area (TPSA) is 93.1 Å². The van der Waals surface area contributed by atoms with Gasteiger partial charge in [-0.15, -0.1) is 0 Å². The maximum atomic E-state index is 12.5. The van der Waals surface area contributed by atoms with Gasteiger partial charge in [-0.05, 0) is 49.9 Å². The van der Waals surface area contributed by atoms with Gasteiger partial charge >= 0.3 is 6.03 Å². The highest BCUT2D eigenvalue weighted by Crippen LogP contribution is 2.23. The summed E-state index contributed by atoms with van der Waals surface area (Å²) in [5.74, 6) is 0.922. The number of aromatic nitrogens is 1. The summed E-state index contributed by atoms with van der Waals surface area (Å²) in [6, 6.07) is 16.0. The van der Waals surface area contributed by atoms with Crippen molar-refractivity contribution < 1.29 is 4.79 Å². The van der Waals surface area contributed by atoms with Crippen molar-refractivity contribution in [2.24, 2.45) is 0 Å². The molecule has 0 radical (unpaired) electrons. The second-order valence-electron chi connectivity index (χ2n) is 8.43. The highest BCUT2D eigenvalue weighted by atomic mass is 16.2. The number of nitriles is 1. The van der Waals surface area contributed by atoms with E-state index in [2.05, 4.69) is 31.9 Å². The number of nitrogens with one attached hydrogen (secondary N) is 3. The van der Waals surface area contributed by atoms with Crippen LogP contribution in [0.1, 0.15) is 44.1 Å². The van der Waals surface area contributed by atoms with Gasteiger partial charge in [0.1, 0.15) is 11.9 Å². The van der Waals surface area contributed by atoms with Crippen LogP contribution in [0, 0.1) is 11.3 Å². The average Bonchev–Trinajstić information content (AvgIpc) is 2.81.